The van der Waals surface area contributed by atoms with Gasteiger partial charge in [-0.05, 0) is 54.3 Å². The molecule has 2 saturated heterocycles. The van der Waals surface area contributed by atoms with Crippen molar-refractivity contribution >= 4 is 33.2 Å². The molecule has 2 heterocycles. The summed E-state index contributed by atoms with van der Waals surface area (Å²) in [5.41, 5.74) is 2.85. The fourth-order valence-corrected chi connectivity index (χ4v) is 7.15. The van der Waals surface area contributed by atoms with Crippen molar-refractivity contribution in [2.45, 2.75) is 48.5 Å². The molecular weight excluding hydrogens is 540 g/mol. The zero-order chi connectivity index (χ0) is 27.4. The molecule has 3 aromatic carbocycles. The Kier molecular flexibility index (Phi) is 8.66. The summed E-state index contributed by atoms with van der Waals surface area (Å²) in [6.07, 6.45) is -0.866. The Morgan fingerprint density at radius 2 is 1.72 bits per heavy atom. The summed E-state index contributed by atoms with van der Waals surface area (Å²) in [7, 11) is -3.96. The number of benzene rings is 3. The number of aliphatic hydroxyl groups is 1. The minimum absolute atomic E-state index is 0.0156. The molecule has 0 aromatic heterocycles. The van der Waals surface area contributed by atoms with Gasteiger partial charge in [0.05, 0.1) is 48.9 Å². The third kappa shape index (κ3) is 6.69. The summed E-state index contributed by atoms with van der Waals surface area (Å²) in [6, 6.07) is 23.2. The number of anilines is 1. The molecule has 3 aromatic rings. The first kappa shape index (κ1) is 27.8. The van der Waals surface area contributed by atoms with E-state index in [4.69, 9.17) is 21.1 Å². The van der Waals surface area contributed by atoms with E-state index in [0.717, 1.165) is 11.1 Å². The molecule has 1 amide bonds. The average molecular weight is 571 g/mol. The number of carbonyl (C=O) groups is 1. The number of aliphatic hydroxyl groups excluding tert-OH is 1. The van der Waals surface area contributed by atoms with Crippen LogP contribution in [0.1, 0.15) is 19.3 Å². The number of hydrogen-bond acceptors (Lipinski definition) is 6. The Balaban J connectivity index is 1.24. The van der Waals surface area contributed by atoms with Crippen molar-refractivity contribution in [3.05, 3.63) is 83.9 Å². The second kappa shape index (κ2) is 12.2. The lowest BCUT2D eigenvalue weighted by Crippen LogP contribution is -2.57. The topological polar surface area (TPSA) is 105 Å². The average Bonchev–Trinajstić information content (AvgIpc) is 2.92. The Morgan fingerprint density at radius 1 is 0.974 bits per heavy atom. The van der Waals surface area contributed by atoms with Crippen LogP contribution in [0.25, 0.3) is 11.1 Å². The molecule has 0 spiro atoms. The van der Waals surface area contributed by atoms with Gasteiger partial charge in [-0.3, -0.25) is 4.79 Å². The molecule has 206 valence electrons. The van der Waals surface area contributed by atoms with E-state index < -0.39 is 34.4 Å². The van der Waals surface area contributed by atoms with Crippen LogP contribution in [-0.4, -0.2) is 67.8 Å². The first-order valence-corrected chi connectivity index (χ1v) is 14.8. The predicted molar refractivity (Wildman–Crippen MR) is 149 cm³/mol. The van der Waals surface area contributed by atoms with Gasteiger partial charge in [-0.2, -0.15) is 4.31 Å². The van der Waals surface area contributed by atoms with E-state index in [0.29, 0.717) is 23.6 Å². The van der Waals surface area contributed by atoms with Crippen molar-refractivity contribution in [3.8, 4) is 11.1 Å². The van der Waals surface area contributed by atoms with Gasteiger partial charge in [0.15, 0.2) is 0 Å². The van der Waals surface area contributed by atoms with Crippen LogP contribution < -0.4 is 5.32 Å². The van der Waals surface area contributed by atoms with E-state index in [1.54, 1.807) is 12.1 Å². The summed E-state index contributed by atoms with van der Waals surface area (Å²) in [6.45, 7) is -0.0237. The second-order valence-electron chi connectivity index (χ2n) is 9.86. The van der Waals surface area contributed by atoms with Gasteiger partial charge in [0.2, 0.25) is 15.9 Å². The molecule has 0 radical (unpaired) electrons. The maximum Gasteiger partial charge on any atom is 0.243 e. The lowest BCUT2D eigenvalue weighted by molar-refractivity contribution is -0.144. The number of ether oxygens (including phenoxy) is 2. The first-order chi connectivity index (χ1) is 18.8. The highest BCUT2D eigenvalue weighted by atomic mass is 35.5. The molecule has 5 rings (SSSR count). The highest BCUT2D eigenvalue weighted by Crippen LogP contribution is 2.32. The van der Waals surface area contributed by atoms with Gasteiger partial charge in [-0.1, -0.05) is 60.1 Å². The molecule has 0 bridgehead atoms. The summed E-state index contributed by atoms with van der Waals surface area (Å²) < 4.78 is 40.3. The number of rotatable bonds is 6. The van der Waals surface area contributed by atoms with E-state index in [-0.39, 0.29) is 37.0 Å². The van der Waals surface area contributed by atoms with Crippen molar-refractivity contribution < 1.29 is 27.8 Å². The van der Waals surface area contributed by atoms with E-state index in [1.807, 2.05) is 54.6 Å². The minimum atomic E-state index is -3.96. The SMILES string of the molecule is O=C(C[C@@H]1CC[C@@H]2[C@H](COC[C@H](O)CN2S(=O)(=O)c2cccc(Cl)c2)O1)Nc1ccc(-c2ccccc2)cc1. The molecule has 0 aliphatic carbocycles. The summed E-state index contributed by atoms with van der Waals surface area (Å²) in [4.78, 5) is 12.9. The van der Waals surface area contributed by atoms with Crippen LogP contribution in [0, 0.1) is 0 Å². The Hall–Kier alpha value is -2.79. The molecule has 10 heteroatoms. The smallest absolute Gasteiger partial charge is 0.243 e. The van der Waals surface area contributed by atoms with Crippen LogP contribution in [0.4, 0.5) is 5.69 Å². The molecule has 4 atom stereocenters. The third-order valence-electron chi connectivity index (χ3n) is 7.03. The number of nitrogens with zero attached hydrogens (tertiary/aromatic N) is 1. The summed E-state index contributed by atoms with van der Waals surface area (Å²) in [5.74, 6) is -0.184. The molecule has 2 N–H and O–H groups in total. The molecule has 0 unspecified atom stereocenters. The van der Waals surface area contributed by atoms with Crippen LogP contribution in [0.2, 0.25) is 5.02 Å². The quantitative estimate of drug-likeness (QED) is 0.457. The van der Waals surface area contributed by atoms with Crippen LogP contribution in [0.3, 0.4) is 0 Å². The van der Waals surface area contributed by atoms with Crippen molar-refractivity contribution in [2.24, 2.45) is 0 Å². The highest BCUT2D eigenvalue weighted by Gasteiger charge is 2.43. The van der Waals surface area contributed by atoms with Gasteiger partial charge in [-0.25, -0.2) is 8.42 Å². The van der Waals surface area contributed by atoms with Crippen LogP contribution in [0.15, 0.2) is 83.8 Å². The zero-order valence-corrected chi connectivity index (χ0v) is 22.9. The molecule has 39 heavy (non-hydrogen) atoms. The number of amides is 1. The van der Waals surface area contributed by atoms with Crippen LogP contribution in [-0.2, 0) is 24.3 Å². The molecule has 2 fully saturated rings. The second-order valence-corrected chi connectivity index (χ2v) is 12.2. The molecule has 0 saturated carbocycles. The van der Waals surface area contributed by atoms with Gasteiger partial charge in [0, 0.05) is 17.3 Å². The number of sulfonamides is 1. The molecule has 2 aliphatic rings. The standard InChI is InChI=1S/C29H31ClN2O6S/c30-22-7-4-8-26(15-22)39(35,36)32-17-24(33)18-37-19-28-27(32)14-13-25(38-28)16-29(34)31-23-11-9-21(10-12-23)20-5-2-1-3-6-20/h1-12,15,24-25,27-28,33H,13-14,16-19H2,(H,31,34)/t24-,25+,27-,28+/m1/s1. The molecule has 2 aliphatic heterocycles. The van der Waals surface area contributed by atoms with Crippen molar-refractivity contribution in [1.29, 1.82) is 0 Å². The fourth-order valence-electron chi connectivity index (χ4n) is 5.13. The first-order valence-electron chi connectivity index (χ1n) is 12.9. The normalized spacial score (nSPS) is 24.3. The monoisotopic (exact) mass is 570 g/mol. The number of fused-ring (bicyclic) bond motifs is 1. The Labute approximate surface area is 233 Å². The number of halogens is 1. The summed E-state index contributed by atoms with van der Waals surface area (Å²) in [5, 5.41) is 13.6. The van der Waals surface area contributed by atoms with E-state index >= 15 is 0 Å². The predicted octanol–water partition coefficient (Wildman–Crippen LogP) is 4.33. The molecule has 8 nitrogen and oxygen atoms in total. The van der Waals surface area contributed by atoms with Crippen molar-refractivity contribution in [3.63, 3.8) is 0 Å². The van der Waals surface area contributed by atoms with Crippen LogP contribution >= 0.6 is 11.6 Å². The van der Waals surface area contributed by atoms with Crippen LogP contribution in [0.5, 0.6) is 0 Å². The van der Waals surface area contributed by atoms with Gasteiger partial charge < -0.3 is 19.9 Å². The van der Waals surface area contributed by atoms with Gasteiger partial charge >= 0.3 is 0 Å². The lowest BCUT2D eigenvalue weighted by Gasteiger charge is -2.43. The largest absolute Gasteiger partial charge is 0.389 e. The summed E-state index contributed by atoms with van der Waals surface area (Å²) >= 11 is 6.06. The minimum Gasteiger partial charge on any atom is -0.389 e. The number of hydrogen-bond donors (Lipinski definition) is 2. The Bertz CT molecular complexity index is 1390. The Morgan fingerprint density at radius 3 is 2.46 bits per heavy atom. The van der Waals surface area contributed by atoms with Crippen molar-refractivity contribution in [1.82, 2.24) is 4.31 Å². The fraction of sp³-hybridized carbons (Fsp3) is 0.345. The van der Waals surface area contributed by atoms with Gasteiger partial charge in [0.1, 0.15) is 0 Å². The van der Waals surface area contributed by atoms with E-state index in [1.165, 1.54) is 16.4 Å². The molecular formula is C29H31ClN2O6S. The lowest BCUT2D eigenvalue weighted by atomic mass is 9.96. The maximum absolute atomic E-state index is 13.6. The number of nitrogens with one attached hydrogen (secondary N) is 1. The van der Waals surface area contributed by atoms with E-state index in [9.17, 15) is 18.3 Å². The number of carbonyl (C=O) groups excluding carboxylic acids is 1. The van der Waals surface area contributed by atoms with Gasteiger partial charge in [0.25, 0.3) is 0 Å². The highest BCUT2D eigenvalue weighted by molar-refractivity contribution is 7.89. The zero-order valence-electron chi connectivity index (χ0n) is 21.3. The van der Waals surface area contributed by atoms with Crippen molar-refractivity contribution in [2.75, 3.05) is 25.1 Å². The van der Waals surface area contributed by atoms with Gasteiger partial charge in [-0.15, -0.1) is 0 Å². The number of β-amino-alcohol motifs (C(OH)–C–C–N with tert-alkyl or cyclic N) is 1. The third-order valence-corrected chi connectivity index (χ3v) is 9.15. The maximum atomic E-state index is 13.6. The van der Waals surface area contributed by atoms with E-state index in [2.05, 4.69) is 5.32 Å².